The fourth-order valence-corrected chi connectivity index (χ4v) is 5.46. The Bertz CT molecular complexity index is 1200. The zero-order valence-electron chi connectivity index (χ0n) is 26.8. The number of carboxylic acid groups (broad SMARTS) is 2. The van der Waals surface area contributed by atoms with Gasteiger partial charge in [-0.25, -0.2) is 0 Å². The Labute approximate surface area is 271 Å². The lowest BCUT2D eigenvalue weighted by molar-refractivity contribution is -0.145. The van der Waals surface area contributed by atoms with Crippen LogP contribution in [0.1, 0.15) is 72.1 Å². The van der Waals surface area contributed by atoms with Crippen LogP contribution < -0.4 is 32.3 Å². The first kappa shape index (κ1) is 38.9. The second kappa shape index (κ2) is 18.1. The average molecular weight is 670 g/mol. The molecular weight excluding hydrogens is 622 g/mol. The number of rotatable bonds is 11. The van der Waals surface area contributed by atoms with E-state index in [1.54, 1.807) is 13.8 Å². The number of aliphatic hydroxyl groups excluding tert-OH is 1. The number of carbonyl (C=O) groups is 8. The Morgan fingerprint density at radius 1 is 0.766 bits per heavy atom. The summed E-state index contributed by atoms with van der Waals surface area (Å²) in [6, 6.07) is -8.86. The van der Waals surface area contributed by atoms with Crippen molar-refractivity contribution >= 4 is 47.4 Å². The van der Waals surface area contributed by atoms with Gasteiger partial charge in [0.1, 0.15) is 36.3 Å². The Hall–Kier alpha value is -4.32. The molecule has 0 spiro atoms. The molecule has 18 heteroatoms. The SMILES string of the molecule is CC(C)C[C@@H]1NC(=O)[C@H](CC(=O)O)NC(=O)[C@H]2CCCN2C(=O)[C@H](CCCCN)NC(=O)[C@H]([C@@H](C)O)NC(=O)[C@H](CC(=O)O)NC1=O. The highest BCUT2D eigenvalue weighted by Crippen LogP contribution is 2.21. The number of fused-ring (bicyclic) bond motifs is 1. The van der Waals surface area contributed by atoms with Gasteiger partial charge in [-0.3, -0.25) is 38.4 Å². The molecule has 0 bridgehead atoms. The minimum Gasteiger partial charge on any atom is -0.481 e. The summed E-state index contributed by atoms with van der Waals surface area (Å²) in [5.41, 5.74) is 5.60. The summed E-state index contributed by atoms with van der Waals surface area (Å²) < 4.78 is 0. The van der Waals surface area contributed by atoms with E-state index in [1.165, 1.54) is 11.8 Å². The lowest BCUT2D eigenvalue weighted by Crippen LogP contribution is -2.63. The molecule has 7 atom stereocenters. The highest BCUT2D eigenvalue weighted by atomic mass is 16.4. The van der Waals surface area contributed by atoms with Crippen LogP contribution in [0, 0.1) is 5.92 Å². The molecular formula is C29H47N7O11. The molecule has 10 N–H and O–H groups in total. The summed E-state index contributed by atoms with van der Waals surface area (Å²) in [7, 11) is 0. The molecule has 0 aromatic rings. The summed E-state index contributed by atoms with van der Waals surface area (Å²) in [5.74, 6) is -8.77. The summed E-state index contributed by atoms with van der Waals surface area (Å²) >= 11 is 0. The molecule has 2 rings (SSSR count). The summed E-state index contributed by atoms with van der Waals surface area (Å²) in [6.45, 7) is 5.01. The molecule has 264 valence electrons. The van der Waals surface area contributed by atoms with Gasteiger partial charge >= 0.3 is 11.9 Å². The number of carboxylic acids is 2. The molecule has 2 aliphatic heterocycles. The highest BCUT2D eigenvalue weighted by Gasteiger charge is 2.41. The van der Waals surface area contributed by atoms with Crippen LogP contribution in [0.3, 0.4) is 0 Å². The van der Waals surface area contributed by atoms with Crippen LogP contribution in [-0.4, -0.2) is 123 Å². The number of unbranched alkanes of at least 4 members (excludes halogenated alkanes) is 1. The molecule has 2 heterocycles. The number of nitrogens with one attached hydrogen (secondary N) is 5. The Morgan fingerprint density at radius 2 is 1.28 bits per heavy atom. The molecule has 2 fully saturated rings. The van der Waals surface area contributed by atoms with E-state index in [2.05, 4.69) is 26.6 Å². The van der Waals surface area contributed by atoms with Crippen molar-refractivity contribution in [3.8, 4) is 0 Å². The number of carbonyl (C=O) groups excluding carboxylic acids is 6. The van der Waals surface area contributed by atoms with Crippen molar-refractivity contribution in [2.75, 3.05) is 13.1 Å². The summed E-state index contributed by atoms with van der Waals surface area (Å²) in [5, 5.41) is 41.2. The van der Waals surface area contributed by atoms with Crippen LogP contribution in [0.15, 0.2) is 0 Å². The maximum Gasteiger partial charge on any atom is 0.305 e. The standard InChI is InChI=1S/C29H47N7O11/c1-14(2)11-17-24(42)33-19(13-22(40)41)26(44)35-23(15(3)37)28(46)31-16(7-4-5-9-30)29(47)36-10-6-8-20(36)27(45)34-18(12-21(38)39)25(43)32-17/h14-20,23,37H,4-13,30H2,1-3H3,(H,31,46)(H,32,43)(H,33,42)(H,34,45)(H,35,44)(H,38,39)(H,40,41)/t15-,16+,17+,18+,19+,20-,23+/m1/s1. The monoisotopic (exact) mass is 669 g/mol. The molecule has 18 nitrogen and oxygen atoms in total. The molecule has 0 unspecified atom stereocenters. The molecule has 0 radical (unpaired) electrons. The van der Waals surface area contributed by atoms with Gasteiger partial charge in [-0.1, -0.05) is 13.8 Å². The average Bonchev–Trinajstić information content (AvgIpc) is 3.46. The van der Waals surface area contributed by atoms with Crippen molar-refractivity contribution in [2.24, 2.45) is 11.7 Å². The van der Waals surface area contributed by atoms with Gasteiger partial charge in [0, 0.05) is 6.54 Å². The van der Waals surface area contributed by atoms with Crippen molar-refractivity contribution < 1.29 is 53.7 Å². The lowest BCUT2D eigenvalue weighted by atomic mass is 10.0. The van der Waals surface area contributed by atoms with Gasteiger partial charge in [0.15, 0.2) is 0 Å². The van der Waals surface area contributed by atoms with Crippen molar-refractivity contribution in [1.82, 2.24) is 31.5 Å². The number of nitrogens with zero attached hydrogens (tertiary/aromatic N) is 1. The van der Waals surface area contributed by atoms with Crippen LogP contribution in [-0.2, 0) is 38.4 Å². The van der Waals surface area contributed by atoms with Crippen molar-refractivity contribution in [3.63, 3.8) is 0 Å². The predicted molar refractivity (Wildman–Crippen MR) is 163 cm³/mol. The Morgan fingerprint density at radius 3 is 1.81 bits per heavy atom. The fourth-order valence-electron chi connectivity index (χ4n) is 5.46. The molecule has 6 amide bonds. The topological polar surface area (TPSA) is 287 Å². The van der Waals surface area contributed by atoms with Crippen molar-refractivity contribution in [1.29, 1.82) is 0 Å². The van der Waals surface area contributed by atoms with Gasteiger partial charge in [0.05, 0.1) is 18.9 Å². The van der Waals surface area contributed by atoms with Crippen LogP contribution in [0.25, 0.3) is 0 Å². The van der Waals surface area contributed by atoms with Crippen molar-refractivity contribution in [3.05, 3.63) is 0 Å². The third kappa shape index (κ3) is 11.8. The number of hydrogen-bond donors (Lipinski definition) is 9. The van der Waals surface area contributed by atoms with Crippen LogP contribution in [0.4, 0.5) is 0 Å². The predicted octanol–water partition coefficient (Wildman–Crippen LogP) is -3.08. The number of nitrogens with two attached hydrogens (primary N) is 1. The van der Waals surface area contributed by atoms with Crippen molar-refractivity contribution in [2.45, 2.75) is 114 Å². The molecule has 2 saturated heterocycles. The molecule has 2 aliphatic rings. The van der Waals surface area contributed by atoms with Gasteiger partial charge in [-0.2, -0.15) is 0 Å². The van der Waals surface area contributed by atoms with E-state index in [1.807, 2.05) is 0 Å². The quantitative estimate of drug-likeness (QED) is 0.0991. The lowest BCUT2D eigenvalue weighted by Gasteiger charge is -2.32. The van der Waals surface area contributed by atoms with Crippen LogP contribution in [0.2, 0.25) is 0 Å². The first-order chi connectivity index (χ1) is 22.0. The Balaban J connectivity index is 2.62. The first-order valence-corrected chi connectivity index (χ1v) is 15.7. The van der Waals surface area contributed by atoms with E-state index in [-0.39, 0.29) is 38.3 Å². The minimum absolute atomic E-state index is 0.0259. The molecule has 47 heavy (non-hydrogen) atoms. The number of hydrogen-bond acceptors (Lipinski definition) is 10. The Kier molecular flexibility index (Phi) is 15.0. The largest absolute Gasteiger partial charge is 0.481 e. The van der Waals surface area contributed by atoms with Gasteiger partial charge in [-0.05, 0) is 57.9 Å². The van der Waals surface area contributed by atoms with E-state index in [9.17, 15) is 53.7 Å². The number of aliphatic hydroxyl groups is 1. The van der Waals surface area contributed by atoms with E-state index >= 15 is 0 Å². The summed E-state index contributed by atoms with van der Waals surface area (Å²) in [6.07, 6.45) is -1.85. The summed E-state index contributed by atoms with van der Waals surface area (Å²) in [4.78, 5) is 105. The van der Waals surface area contributed by atoms with Gasteiger partial charge in [0.2, 0.25) is 35.4 Å². The first-order valence-electron chi connectivity index (χ1n) is 15.7. The maximum absolute atomic E-state index is 13.8. The number of amides is 6. The molecule has 0 aromatic carbocycles. The second-order valence-electron chi connectivity index (χ2n) is 12.3. The van der Waals surface area contributed by atoms with Gasteiger partial charge in [0.25, 0.3) is 0 Å². The third-order valence-corrected chi connectivity index (χ3v) is 7.83. The third-order valence-electron chi connectivity index (χ3n) is 7.83. The minimum atomic E-state index is -1.78. The zero-order chi connectivity index (χ0) is 35.4. The van der Waals surface area contributed by atoms with Crippen LogP contribution >= 0.6 is 0 Å². The normalized spacial score (nSPS) is 27.4. The highest BCUT2D eigenvalue weighted by molar-refractivity contribution is 5.99. The zero-order valence-corrected chi connectivity index (χ0v) is 26.8. The van der Waals surface area contributed by atoms with E-state index in [0.29, 0.717) is 19.3 Å². The smallest absolute Gasteiger partial charge is 0.305 e. The van der Waals surface area contributed by atoms with Crippen LogP contribution in [0.5, 0.6) is 0 Å². The van der Waals surface area contributed by atoms with E-state index in [4.69, 9.17) is 5.73 Å². The van der Waals surface area contributed by atoms with Gasteiger partial charge in [-0.15, -0.1) is 0 Å². The van der Waals surface area contributed by atoms with E-state index in [0.717, 1.165) is 0 Å². The van der Waals surface area contributed by atoms with E-state index < -0.39 is 103 Å². The maximum atomic E-state index is 13.8. The number of aliphatic carboxylic acids is 2. The molecule has 0 aliphatic carbocycles. The van der Waals surface area contributed by atoms with Gasteiger partial charge < -0.3 is 52.5 Å². The molecule has 0 aromatic heterocycles. The fraction of sp³-hybridized carbons (Fsp3) is 0.724. The molecule has 0 saturated carbocycles. The second-order valence-corrected chi connectivity index (χ2v) is 12.3.